The lowest BCUT2D eigenvalue weighted by molar-refractivity contribution is 0.268. The lowest BCUT2D eigenvalue weighted by atomic mass is 10.2. The van der Waals surface area contributed by atoms with E-state index in [9.17, 15) is 0 Å². The van der Waals surface area contributed by atoms with Crippen molar-refractivity contribution in [2.24, 2.45) is 5.10 Å². The van der Waals surface area contributed by atoms with Crippen LogP contribution >= 0.6 is 15.9 Å². The molecule has 3 rings (SSSR count). The van der Waals surface area contributed by atoms with Crippen LogP contribution in [0, 0.1) is 0 Å². The molecule has 0 saturated heterocycles. The van der Waals surface area contributed by atoms with E-state index < -0.39 is 0 Å². The van der Waals surface area contributed by atoms with Crippen LogP contribution in [0.1, 0.15) is 5.56 Å². The van der Waals surface area contributed by atoms with E-state index in [1.807, 2.05) is 58.7 Å². The summed E-state index contributed by atoms with van der Waals surface area (Å²) in [5.74, 6) is 0.881. The number of hydrogen-bond donors (Lipinski definition) is 1. The topological polar surface area (TPSA) is 30.9 Å². The zero-order valence-corrected chi connectivity index (χ0v) is 11.8. The van der Waals surface area contributed by atoms with E-state index in [1.54, 1.807) is 0 Å². The second-order valence-corrected chi connectivity index (χ2v) is 4.57. The minimum absolute atomic E-state index is 0.641. The highest BCUT2D eigenvalue weighted by atomic mass is 79.9. The van der Waals surface area contributed by atoms with Crippen molar-refractivity contribution in [1.82, 2.24) is 10.7 Å². The number of halogens is 1. The number of hydrazone groups is 1. The first-order chi connectivity index (χ1) is 9.40. The first-order valence-corrected chi connectivity index (χ1v) is 7.09. The van der Waals surface area contributed by atoms with Crippen LogP contribution < -0.4 is 10.5 Å². The summed E-state index contributed by atoms with van der Waals surface area (Å²) in [5.41, 5.74) is 5.78. The van der Waals surface area contributed by atoms with E-state index in [-0.39, 0.29) is 0 Å². The van der Waals surface area contributed by atoms with Gasteiger partial charge in [-0.25, -0.2) is 10.5 Å². The summed E-state index contributed by atoms with van der Waals surface area (Å²) < 4.78 is 0. The number of benzene rings is 2. The molecule has 0 aromatic heterocycles. The average Bonchev–Trinajstić information content (AvgIpc) is 2.93. The molecule has 0 saturated carbocycles. The van der Waals surface area contributed by atoms with E-state index in [0.717, 1.165) is 17.1 Å². The van der Waals surface area contributed by atoms with Gasteiger partial charge in [-0.15, -0.1) is 10.2 Å². The molecule has 96 valence electrons. The van der Waals surface area contributed by atoms with Crippen molar-refractivity contribution in [3.63, 3.8) is 0 Å². The molecule has 0 amide bonds. The number of nitrogens with one attached hydrogen (secondary N) is 1. The van der Waals surface area contributed by atoms with E-state index >= 15 is 0 Å². The molecule has 0 aliphatic carbocycles. The Morgan fingerprint density at radius 2 is 1.58 bits per heavy atom. The Balaban J connectivity index is 2.00. The smallest absolute Gasteiger partial charge is 0.177 e. The molecular formula is C14H13BrN4. The Bertz CT molecular complexity index is 571. The molecule has 5 heteroatoms. The minimum atomic E-state index is 0.641. The predicted octanol–water partition coefficient (Wildman–Crippen LogP) is 2.94. The zero-order chi connectivity index (χ0) is 13.1. The van der Waals surface area contributed by atoms with E-state index in [4.69, 9.17) is 0 Å². The van der Waals surface area contributed by atoms with Crippen LogP contribution in [0.2, 0.25) is 0 Å². The molecule has 2 aromatic carbocycles. The third kappa shape index (κ3) is 2.34. The highest BCUT2D eigenvalue weighted by Crippen LogP contribution is 2.22. The van der Waals surface area contributed by atoms with Gasteiger partial charge in [0, 0.05) is 5.56 Å². The molecule has 0 atom stereocenters. The van der Waals surface area contributed by atoms with Crippen molar-refractivity contribution in [2.75, 3.05) is 10.5 Å². The summed E-state index contributed by atoms with van der Waals surface area (Å²) in [4.78, 5) is 0. The van der Waals surface area contributed by atoms with Gasteiger partial charge in [-0.2, -0.15) is 0 Å². The van der Waals surface area contributed by atoms with E-state index in [1.165, 1.54) is 0 Å². The van der Waals surface area contributed by atoms with Crippen molar-refractivity contribution >= 4 is 27.5 Å². The van der Waals surface area contributed by atoms with Gasteiger partial charge in [0.05, 0.1) is 11.1 Å². The van der Waals surface area contributed by atoms with Crippen LogP contribution in [-0.2, 0) is 0 Å². The van der Waals surface area contributed by atoms with Gasteiger partial charge in [0.15, 0.2) is 5.84 Å². The highest BCUT2D eigenvalue weighted by Gasteiger charge is 2.27. The fourth-order valence-corrected chi connectivity index (χ4v) is 2.33. The lowest BCUT2D eigenvalue weighted by Gasteiger charge is -2.27. The number of para-hydroxylation sites is 1. The average molecular weight is 317 g/mol. The molecule has 1 N–H and O–H groups in total. The summed E-state index contributed by atoms with van der Waals surface area (Å²) in [5, 5.41) is 8.35. The summed E-state index contributed by atoms with van der Waals surface area (Å²) in [7, 11) is 0. The summed E-state index contributed by atoms with van der Waals surface area (Å²) in [6.07, 6.45) is 0. The minimum Gasteiger partial charge on any atom is -0.235 e. The third-order valence-electron chi connectivity index (χ3n) is 2.86. The van der Waals surface area contributed by atoms with Crippen molar-refractivity contribution in [3.05, 3.63) is 66.2 Å². The number of anilines is 1. The molecule has 1 aliphatic heterocycles. The maximum absolute atomic E-state index is 4.40. The Kier molecular flexibility index (Phi) is 3.48. The molecule has 0 spiro atoms. The van der Waals surface area contributed by atoms with E-state index in [2.05, 4.69) is 38.7 Å². The molecule has 0 radical (unpaired) electrons. The van der Waals surface area contributed by atoms with Crippen LogP contribution in [0.15, 0.2) is 65.8 Å². The van der Waals surface area contributed by atoms with Crippen molar-refractivity contribution in [1.29, 1.82) is 0 Å². The SMILES string of the molecule is BrCN1NN=C(c2ccccc2)N1c1ccccc1. The Morgan fingerprint density at radius 1 is 0.947 bits per heavy atom. The van der Waals surface area contributed by atoms with Gasteiger partial charge >= 0.3 is 0 Å². The maximum Gasteiger partial charge on any atom is 0.177 e. The van der Waals surface area contributed by atoms with Gasteiger partial charge in [0.1, 0.15) is 0 Å². The fourth-order valence-electron chi connectivity index (χ4n) is 2.00. The van der Waals surface area contributed by atoms with Crippen LogP contribution in [0.25, 0.3) is 0 Å². The summed E-state index contributed by atoms with van der Waals surface area (Å²) in [6.45, 7) is 0. The molecule has 4 nitrogen and oxygen atoms in total. The van der Waals surface area contributed by atoms with E-state index in [0.29, 0.717) is 5.45 Å². The molecule has 0 fully saturated rings. The second-order valence-electron chi connectivity index (χ2n) is 4.07. The van der Waals surface area contributed by atoms with Gasteiger partial charge < -0.3 is 0 Å². The molecule has 0 unspecified atom stereocenters. The molecule has 1 heterocycles. The number of hydrogen-bond acceptors (Lipinski definition) is 4. The molecule has 1 aliphatic rings. The zero-order valence-electron chi connectivity index (χ0n) is 10.2. The van der Waals surface area contributed by atoms with Gasteiger partial charge in [0.2, 0.25) is 0 Å². The second kappa shape index (κ2) is 5.42. The summed E-state index contributed by atoms with van der Waals surface area (Å²) >= 11 is 3.46. The molecular weight excluding hydrogens is 304 g/mol. The van der Waals surface area contributed by atoms with Gasteiger partial charge in [0.25, 0.3) is 0 Å². The largest absolute Gasteiger partial charge is 0.235 e. The highest BCUT2D eigenvalue weighted by molar-refractivity contribution is 9.09. The maximum atomic E-state index is 4.40. The van der Waals surface area contributed by atoms with Crippen LogP contribution in [0.4, 0.5) is 5.69 Å². The standard InChI is InChI=1S/C14H13BrN4/c15-11-18-17-16-14(12-7-3-1-4-8-12)19(18)13-9-5-2-6-10-13/h1-10,17H,11H2. The molecule has 0 bridgehead atoms. The first kappa shape index (κ1) is 12.2. The lowest BCUT2D eigenvalue weighted by Crippen LogP contribution is -2.45. The van der Waals surface area contributed by atoms with Crippen LogP contribution in [0.5, 0.6) is 0 Å². The predicted molar refractivity (Wildman–Crippen MR) is 80.7 cm³/mol. The number of hydrazine groups is 2. The normalized spacial score (nSPS) is 15.2. The van der Waals surface area contributed by atoms with Crippen LogP contribution in [-0.4, -0.2) is 16.4 Å². The summed E-state index contributed by atoms with van der Waals surface area (Å²) in [6, 6.07) is 20.3. The Hall–Kier alpha value is -1.85. The number of alkyl halides is 1. The molecule has 2 aromatic rings. The van der Waals surface area contributed by atoms with Crippen molar-refractivity contribution in [2.45, 2.75) is 0 Å². The number of nitrogens with zero attached hydrogens (tertiary/aromatic N) is 3. The third-order valence-corrected chi connectivity index (χ3v) is 3.33. The van der Waals surface area contributed by atoms with Gasteiger partial charge in [-0.05, 0) is 12.1 Å². The fraction of sp³-hybridized carbons (Fsp3) is 0.0714. The number of rotatable bonds is 3. The molecule has 19 heavy (non-hydrogen) atoms. The van der Waals surface area contributed by atoms with Gasteiger partial charge in [-0.1, -0.05) is 64.5 Å². The van der Waals surface area contributed by atoms with Gasteiger partial charge in [-0.3, -0.25) is 0 Å². The van der Waals surface area contributed by atoms with Crippen molar-refractivity contribution in [3.8, 4) is 0 Å². The van der Waals surface area contributed by atoms with Crippen molar-refractivity contribution < 1.29 is 0 Å². The first-order valence-electron chi connectivity index (χ1n) is 5.97. The monoisotopic (exact) mass is 316 g/mol. The quantitative estimate of drug-likeness (QED) is 0.697. The Morgan fingerprint density at radius 3 is 2.21 bits per heavy atom. The Labute approximate surface area is 120 Å². The number of amidine groups is 1. The van der Waals surface area contributed by atoms with Crippen LogP contribution in [0.3, 0.4) is 0 Å².